The van der Waals surface area contributed by atoms with Crippen molar-refractivity contribution in [1.29, 1.82) is 0 Å². The second-order valence-electron chi connectivity index (χ2n) is 48.7. The maximum absolute atomic E-state index is 5.79. The number of rotatable bonds is 44. The Hall–Kier alpha value is -0.880. The van der Waals surface area contributed by atoms with Gasteiger partial charge < -0.3 is 106 Å². The molecule has 0 spiro atoms. The molecule has 0 unspecified atom stereocenters. The van der Waals surface area contributed by atoms with Crippen molar-refractivity contribution >= 4 is 0 Å². The highest BCUT2D eigenvalue weighted by Crippen LogP contribution is 2.40. The Kier molecular flexibility index (Phi) is 70.7. The highest BCUT2D eigenvalue weighted by molar-refractivity contribution is 4.94. The topological polar surface area (TPSA) is 125 Å². The largest absolute Gasteiger partial charge is 0.384 e. The fourth-order valence-corrected chi connectivity index (χ4v) is 25.7. The van der Waals surface area contributed by atoms with E-state index in [2.05, 4.69) is 202 Å². The predicted molar refractivity (Wildman–Crippen MR) is 599 cm³/mol. The van der Waals surface area contributed by atoms with E-state index >= 15 is 0 Å². The molecule has 11 heterocycles. The van der Waals surface area contributed by atoms with Gasteiger partial charge in [0.15, 0.2) is 0 Å². The molecule has 22 nitrogen and oxygen atoms in total. The van der Waals surface area contributed by atoms with Gasteiger partial charge >= 0.3 is 0 Å². The normalized spacial score (nSPS) is 26.0. The molecule has 0 amide bonds. The Bertz CT molecular complexity index is 2770. The molecule has 0 radical (unpaired) electrons. The van der Waals surface area contributed by atoms with Gasteiger partial charge in [0.25, 0.3) is 0 Å². The van der Waals surface area contributed by atoms with E-state index in [-0.39, 0.29) is 0 Å². The molecule has 11 saturated heterocycles. The Morgan fingerprint density at radius 2 is 0.574 bits per heavy atom. The van der Waals surface area contributed by atoms with Crippen LogP contribution in [0.5, 0.6) is 0 Å². The van der Waals surface area contributed by atoms with Crippen LogP contribution in [-0.2, 0) is 42.6 Å². The van der Waals surface area contributed by atoms with E-state index in [1.807, 2.05) is 28.3 Å². The maximum atomic E-state index is 5.79. The molecule has 14 rings (SSSR count). The minimum atomic E-state index is 0.462. The van der Waals surface area contributed by atoms with Gasteiger partial charge in [0.1, 0.15) is 0 Å². The molecular formula is C119H241N13O9. The molecule has 14 aliphatic rings. The molecule has 3 aliphatic carbocycles. The number of methoxy groups -OCH3 is 4. The van der Waals surface area contributed by atoms with Crippen molar-refractivity contribution in [3.05, 3.63) is 0 Å². The molecule has 0 aromatic carbocycles. The van der Waals surface area contributed by atoms with Crippen LogP contribution in [0.4, 0.5) is 0 Å². The van der Waals surface area contributed by atoms with Crippen molar-refractivity contribution in [2.45, 2.75) is 354 Å². The summed E-state index contributed by atoms with van der Waals surface area (Å²) < 4.78 is 48.8. The fraction of sp³-hybridized carbons (Fsp3) is 1.00. The SMILES string of the molecule is CC(C)CN1CCN(CC2CN(C)C2)CC1.CCCCN1CCC(OC)CC1.CCCCN1CCC(OCC)CC1.CCN1CC(CN2CCN(CC(C)C)CC2)C1.CCOCC1CCN([C@@H]2CCC[C@H]2C(C)C)CC1.CCOCCOC1CCN(CC(C)C)CC1.COCC1CCN([C@@H]2CCC[C@H]2C(C)C)CC1.COCC1CCN([C@H]2CCC[C@@H]2C(C)C)CC1.COCCOC1CCN(CC(C)C)CC1. The van der Waals surface area contributed by atoms with E-state index < -0.39 is 0 Å². The van der Waals surface area contributed by atoms with Crippen LogP contribution in [0.15, 0.2) is 0 Å². The zero-order valence-electron chi connectivity index (χ0n) is 98.1. The third-order valence-electron chi connectivity index (χ3n) is 33.9. The van der Waals surface area contributed by atoms with Crippen molar-refractivity contribution in [2.75, 3.05) is 331 Å². The first kappa shape index (κ1) is 129. The third-order valence-corrected chi connectivity index (χ3v) is 33.9. The number of piperidine rings is 7. The number of hydrogen-bond acceptors (Lipinski definition) is 22. The minimum absolute atomic E-state index is 0.462. The Labute approximate surface area is 875 Å². The molecule has 0 bridgehead atoms. The predicted octanol–water partition coefficient (Wildman–Crippen LogP) is 20.0. The summed E-state index contributed by atoms with van der Waals surface area (Å²) in [5, 5.41) is 0. The van der Waals surface area contributed by atoms with Crippen LogP contribution in [-0.4, -0.2) is 437 Å². The molecule has 0 N–H and O–H groups in total. The number of piperazine rings is 2. The second-order valence-corrected chi connectivity index (χ2v) is 48.7. The van der Waals surface area contributed by atoms with Gasteiger partial charge in [-0.3, -0.25) is 0 Å². The summed E-state index contributed by atoms with van der Waals surface area (Å²) in [6.07, 6.45) is 38.1. The Morgan fingerprint density at radius 1 is 0.262 bits per heavy atom. The molecular weight excluding hydrogens is 1760 g/mol. The van der Waals surface area contributed by atoms with Crippen LogP contribution >= 0.6 is 0 Å². The molecule has 22 heteroatoms. The fourth-order valence-electron chi connectivity index (χ4n) is 25.7. The monoisotopic (exact) mass is 2000 g/mol. The van der Waals surface area contributed by atoms with Crippen LogP contribution < -0.4 is 0 Å². The second kappa shape index (κ2) is 77.4. The average Bonchev–Trinajstić information content (AvgIpc) is 1.65. The van der Waals surface area contributed by atoms with Gasteiger partial charge in [0.2, 0.25) is 0 Å². The third kappa shape index (κ3) is 54.5. The highest BCUT2D eigenvalue weighted by atomic mass is 16.5. The van der Waals surface area contributed by atoms with Gasteiger partial charge in [0, 0.05) is 256 Å². The number of likely N-dealkylation sites (tertiary alicyclic amines) is 9. The van der Waals surface area contributed by atoms with Gasteiger partial charge in [-0.2, -0.15) is 0 Å². The molecule has 3 saturated carbocycles. The number of hydrogen-bond donors (Lipinski definition) is 0. The zero-order chi connectivity index (χ0) is 102. The summed E-state index contributed by atoms with van der Waals surface area (Å²) in [5.74, 6) is 13.0. The highest BCUT2D eigenvalue weighted by Gasteiger charge is 2.40. The first-order chi connectivity index (χ1) is 68.1. The zero-order valence-corrected chi connectivity index (χ0v) is 98.1. The van der Waals surface area contributed by atoms with E-state index in [1.165, 1.54) is 402 Å². The molecule has 14 fully saturated rings. The van der Waals surface area contributed by atoms with E-state index in [0.717, 1.165) is 166 Å². The van der Waals surface area contributed by atoms with E-state index in [4.69, 9.17) is 42.6 Å². The van der Waals surface area contributed by atoms with Gasteiger partial charge in [0.05, 0.1) is 50.8 Å². The molecule has 836 valence electrons. The van der Waals surface area contributed by atoms with Crippen molar-refractivity contribution in [1.82, 2.24) is 63.7 Å². The lowest BCUT2D eigenvalue weighted by Gasteiger charge is -2.43. The Morgan fingerprint density at radius 3 is 0.872 bits per heavy atom. The van der Waals surface area contributed by atoms with Crippen LogP contribution in [0.1, 0.15) is 312 Å². The molecule has 141 heavy (non-hydrogen) atoms. The van der Waals surface area contributed by atoms with Crippen LogP contribution in [0, 0.1) is 88.8 Å². The number of nitrogens with zero attached hydrogens (tertiary/aromatic N) is 13. The summed E-state index contributed by atoms with van der Waals surface area (Å²) in [6, 6.07) is 2.66. The number of unbranched alkanes of at least 4 members (excludes halogenated alkanes) is 2. The van der Waals surface area contributed by atoms with Gasteiger partial charge in [-0.15, -0.1) is 0 Å². The lowest BCUT2D eigenvalue weighted by Crippen LogP contribution is -2.54. The van der Waals surface area contributed by atoms with Crippen molar-refractivity contribution in [3.63, 3.8) is 0 Å². The molecule has 0 aromatic rings. The minimum Gasteiger partial charge on any atom is -0.384 e. The summed E-state index contributed by atoms with van der Waals surface area (Å²) in [4.78, 5) is 34.1. The van der Waals surface area contributed by atoms with E-state index in [1.54, 1.807) is 7.11 Å². The van der Waals surface area contributed by atoms with Gasteiger partial charge in [-0.1, -0.05) is 150 Å². The number of ether oxygens (including phenoxy) is 9. The maximum Gasteiger partial charge on any atom is 0.0704 e. The summed E-state index contributed by atoms with van der Waals surface area (Å²) in [7, 11) is 9.42. The van der Waals surface area contributed by atoms with Crippen LogP contribution in [0.3, 0.4) is 0 Å². The van der Waals surface area contributed by atoms with E-state index in [9.17, 15) is 0 Å². The standard InChI is InChI=1S/C16H31NO.2C15H29NO.C14H29N3.C13H27N3.C13H27NO2.C12H25NO2.C11H23NO.C10H21NO/c1-4-18-12-14-8-10-17(11-9-14)16-7-5-6-15(16)13(2)3;2*1-12(2)14-5-4-6-15(14)16-9-7-13(8-10-16)11-17-3;1-4-15-10-14(11-15)12-17-7-5-16(6-8-17)9-13(2)3;1-12(2)8-15-4-6-16(7-5-15)11-13-9-14(3)10-13;1-4-15-9-10-16-13-5-7-14(8-6-13)11-12(2)3;1-11(2)10-13-6-4-12(5-7-13)15-9-8-14-3;1-3-5-8-12-9-6-11(7-10-12)13-4-2;1-3-4-7-11-8-5-10(12-2)6-9-11/h13-16H,4-12H2,1-3H3;2*12-15H,4-11H2,1-3H3;13-14H,4-12H2,1-3H3;2*12-13H,4-11H2,1-3H3;11-12H,4-10H2,1-3H3;11H,3-10H2,1-2H3;10H,3-9H2,1-2H3/t15-,16+;2*14-,15+;;;;;;/m010....../s1. The average molecular weight is 2000 g/mol. The Balaban J connectivity index is 0.000000244. The first-order valence-corrected chi connectivity index (χ1v) is 60.6. The lowest BCUT2D eigenvalue weighted by atomic mass is 9.88. The van der Waals surface area contributed by atoms with Crippen molar-refractivity contribution in [3.8, 4) is 0 Å². The van der Waals surface area contributed by atoms with Crippen LogP contribution in [0.25, 0.3) is 0 Å². The first-order valence-electron chi connectivity index (χ1n) is 60.6. The lowest BCUT2D eigenvalue weighted by molar-refractivity contribution is -0.0218. The summed E-state index contributed by atoms with van der Waals surface area (Å²) >= 11 is 0. The van der Waals surface area contributed by atoms with Crippen LogP contribution in [0.2, 0.25) is 0 Å². The van der Waals surface area contributed by atoms with Crippen molar-refractivity contribution < 1.29 is 42.6 Å². The summed E-state index contributed by atoms with van der Waals surface area (Å²) in [5.41, 5.74) is 0. The molecule has 6 atom stereocenters. The quantitative estimate of drug-likeness (QED) is 0.0537. The van der Waals surface area contributed by atoms with Gasteiger partial charge in [-0.25, -0.2) is 0 Å². The van der Waals surface area contributed by atoms with Gasteiger partial charge in [-0.05, 0) is 317 Å². The van der Waals surface area contributed by atoms with Crippen molar-refractivity contribution in [2.24, 2.45) is 88.8 Å². The summed E-state index contributed by atoms with van der Waals surface area (Å²) in [6.45, 7) is 98.8. The molecule has 11 aliphatic heterocycles. The van der Waals surface area contributed by atoms with E-state index in [0.29, 0.717) is 31.0 Å². The molecule has 0 aromatic heterocycles. The smallest absolute Gasteiger partial charge is 0.0704 e.